The SMILES string of the molecule is CC(C)CCC[C@@H](C)[C@H]1CC[C@H]2[C@@H]3C/C(=N\O)[C@H]4CC(=O)NCC[C@]4(C)[C@H]3CC[C@]12C. The molecule has 8 atom stereocenters. The molecule has 0 aromatic rings. The molecule has 3 aliphatic carbocycles. The molecular formula is C27H46N2O2. The van der Waals surface area contributed by atoms with Crippen molar-refractivity contribution < 1.29 is 10.0 Å². The first-order valence-electron chi connectivity index (χ1n) is 13.2. The van der Waals surface area contributed by atoms with Gasteiger partial charge in [-0.25, -0.2) is 0 Å². The van der Waals surface area contributed by atoms with Crippen LogP contribution in [0.15, 0.2) is 5.16 Å². The molecule has 0 aromatic carbocycles. The monoisotopic (exact) mass is 430 g/mol. The first-order chi connectivity index (χ1) is 14.7. The Hall–Kier alpha value is -1.06. The van der Waals surface area contributed by atoms with E-state index in [1.54, 1.807) is 0 Å². The highest BCUT2D eigenvalue weighted by Crippen LogP contribution is 2.67. The number of fused-ring (bicyclic) bond motifs is 5. The van der Waals surface area contributed by atoms with Gasteiger partial charge in [0.05, 0.1) is 5.71 Å². The zero-order chi connectivity index (χ0) is 22.4. The van der Waals surface area contributed by atoms with Gasteiger partial charge in [0.15, 0.2) is 0 Å². The fourth-order valence-corrected chi connectivity index (χ4v) is 8.99. The standard InChI is InChI=1S/C27H46N2O2/c1-17(2)7-6-8-18(3)20-9-10-21-19-15-24(29-31)23-16-25(30)28-14-13-27(23,5)22(19)11-12-26(20,21)4/h17-23,31H,6-16H2,1-5H3,(H,28,30)/b29-24+/t18-,19+,20-,21+,22+,23-,26-,27-/m1/s1. The quantitative estimate of drug-likeness (QED) is 0.398. The van der Waals surface area contributed by atoms with Crippen molar-refractivity contribution in [3.8, 4) is 0 Å². The van der Waals surface area contributed by atoms with Gasteiger partial charge in [0, 0.05) is 18.9 Å². The third kappa shape index (κ3) is 3.95. The molecule has 0 radical (unpaired) electrons. The Kier molecular flexibility index (Phi) is 6.49. The van der Waals surface area contributed by atoms with Gasteiger partial charge in [-0.3, -0.25) is 4.79 Å². The number of nitrogens with one attached hydrogen (secondary N) is 1. The number of oxime groups is 1. The maximum absolute atomic E-state index is 12.3. The van der Waals surface area contributed by atoms with Crippen molar-refractivity contribution in [2.45, 2.75) is 98.8 Å². The predicted molar refractivity (Wildman–Crippen MR) is 126 cm³/mol. The molecule has 176 valence electrons. The van der Waals surface area contributed by atoms with E-state index in [0.717, 1.165) is 48.8 Å². The van der Waals surface area contributed by atoms with Gasteiger partial charge in [0.2, 0.25) is 5.91 Å². The molecule has 1 amide bonds. The lowest BCUT2D eigenvalue weighted by molar-refractivity contribution is -0.122. The van der Waals surface area contributed by atoms with Crippen LogP contribution in [0.4, 0.5) is 0 Å². The highest BCUT2D eigenvalue weighted by Gasteiger charge is 2.61. The second-order valence-electron chi connectivity index (χ2n) is 12.6. The topological polar surface area (TPSA) is 61.7 Å². The van der Waals surface area contributed by atoms with Crippen LogP contribution in [-0.4, -0.2) is 23.4 Å². The normalized spacial score (nSPS) is 44.9. The van der Waals surface area contributed by atoms with E-state index in [1.165, 1.54) is 44.9 Å². The minimum absolute atomic E-state index is 0.0753. The van der Waals surface area contributed by atoms with E-state index in [1.807, 2.05) is 0 Å². The van der Waals surface area contributed by atoms with Crippen LogP contribution in [-0.2, 0) is 4.79 Å². The number of carbonyl (C=O) groups is 1. The molecule has 4 aliphatic rings. The van der Waals surface area contributed by atoms with Crippen LogP contribution in [0.25, 0.3) is 0 Å². The molecule has 4 nitrogen and oxygen atoms in total. The number of amides is 1. The number of nitrogens with zero attached hydrogens (tertiary/aromatic N) is 1. The van der Waals surface area contributed by atoms with Gasteiger partial charge >= 0.3 is 0 Å². The zero-order valence-electron chi connectivity index (χ0n) is 20.6. The Morgan fingerprint density at radius 2 is 1.77 bits per heavy atom. The summed E-state index contributed by atoms with van der Waals surface area (Å²) in [4.78, 5) is 12.3. The summed E-state index contributed by atoms with van der Waals surface area (Å²) in [6.07, 6.45) is 11.8. The van der Waals surface area contributed by atoms with Crippen LogP contribution in [0.5, 0.6) is 0 Å². The van der Waals surface area contributed by atoms with Crippen molar-refractivity contribution >= 4 is 11.6 Å². The van der Waals surface area contributed by atoms with E-state index in [2.05, 4.69) is 45.1 Å². The molecule has 4 rings (SSSR count). The molecule has 1 saturated heterocycles. The molecule has 0 bridgehead atoms. The lowest BCUT2D eigenvalue weighted by atomic mass is 9.45. The number of hydrogen-bond acceptors (Lipinski definition) is 3. The van der Waals surface area contributed by atoms with E-state index >= 15 is 0 Å². The zero-order valence-corrected chi connectivity index (χ0v) is 20.6. The number of carbonyl (C=O) groups excluding carboxylic acids is 1. The van der Waals surface area contributed by atoms with Crippen molar-refractivity contribution in [2.24, 2.45) is 57.4 Å². The van der Waals surface area contributed by atoms with Crippen LogP contribution in [0, 0.1) is 52.3 Å². The van der Waals surface area contributed by atoms with Gasteiger partial charge in [0.1, 0.15) is 0 Å². The highest BCUT2D eigenvalue weighted by molar-refractivity contribution is 5.92. The van der Waals surface area contributed by atoms with Gasteiger partial charge in [0.25, 0.3) is 0 Å². The first-order valence-corrected chi connectivity index (χ1v) is 13.2. The van der Waals surface area contributed by atoms with Gasteiger partial charge in [-0.1, -0.05) is 59.0 Å². The second-order valence-corrected chi connectivity index (χ2v) is 12.6. The summed E-state index contributed by atoms with van der Waals surface area (Å²) in [6.45, 7) is 13.0. The second kappa shape index (κ2) is 8.71. The molecule has 0 unspecified atom stereocenters. The van der Waals surface area contributed by atoms with Crippen molar-refractivity contribution in [3.63, 3.8) is 0 Å². The summed E-state index contributed by atoms with van der Waals surface area (Å²) in [7, 11) is 0. The Morgan fingerprint density at radius 3 is 2.48 bits per heavy atom. The first kappa shape index (κ1) is 23.1. The van der Waals surface area contributed by atoms with E-state index in [4.69, 9.17) is 0 Å². The lowest BCUT2D eigenvalue weighted by Gasteiger charge is -2.59. The van der Waals surface area contributed by atoms with Gasteiger partial charge in [-0.15, -0.1) is 0 Å². The van der Waals surface area contributed by atoms with Crippen molar-refractivity contribution in [3.05, 3.63) is 0 Å². The van der Waals surface area contributed by atoms with Crippen molar-refractivity contribution in [1.82, 2.24) is 5.32 Å². The number of rotatable bonds is 5. The minimum Gasteiger partial charge on any atom is -0.411 e. The maximum Gasteiger partial charge on any atom is 0.220 e. The Balaban J connectivity index is 1.56. The van der Waals surface area contributed by atoms with E-state index < -0.39 is 0 Å². The maximum atomic E-state index is 12.3. The smallest absolute Gasteiger partial charge is 0.220 e. The van der Waals surface area contributed by atoms with E-state index in [0.29, 0.717) is 23.7 Å². The average molecular weight is 431 g/mol. The van der Waals surface area contributed by atoms with Crippen LogP contribution in [0.1, 0.15) is 98.8 Å². The summed E-state index contributed by atoms with van der Waals surface area (Å²) < 4.78 is 0. The fourth-order valence-electron chi connectivity index (χ4n) is 8.99. The predicted octanol–water partition coefficient (Wildman–Crippen LogP) is 6.27. The Labute approximate surface area is 190 Å². The van der Waals surface area contributed by atoms with Crippen LogP contribution < -0.4 is 5.32 Å². The molecule has 2 N–H and O–H groups in total. The number of hydrogen-bond donors (Lipinski definition) is 2. The average Bonchev–Trinajstić information content (AvgIpc) is 2.98. The van der Waals surface area contributed by atoms with Crippen LogP contribution >= 0.6 is 0 Å². The van der Waals surface area contributed by atoms with Crippen molar-refractivity contribution in [2.75, 3.05) is 6.54 Å². The van der Waals surface area contributed by atoms with E-state index in [9.17, 15) is 10.0 Å². The molecule has 1 heterocycles. The molecular weight excluding hydrogens is 384 g/mol. The third-order valence-corrected chi connectivity index (χ3v) is 10.6. The summed E-state index contributed by atoms with van der Waals surface area (Å²) in [5.41, 5.74) is 1.42. The summed E-state index contributed by atoms with van der Waals surface area (Å²) >= 11 is 0. The van der Waals surface area contributed by atoms with E-state index in [-0.39, 0.29) is 17.2 Å². The molecule has 31 heavy (non-hydrogen) atoms. The largest absolute Gasteiger partial charge is 0.411 e. The van der Waals surface area contributed by atoms with Crippen LogP contribution in [0.3, 0.4) is 0 Å². The molecule has 1 aliphatic heterocycles. The minimum atomic E-state index is 0.0753. The van der Waals surface area contributed by atoms with Gasteiger partial charge in [-0.05, 0) is 84.9 Å². The third-order valence-electron chi connectivity index (χ3n) is 10.6. The Morgan fingerprint density at radius 1 is 1.03 bits per heavy atom. The Bertz CT molecular complexity index is 703. The highest BCUT2D eigenvalue weighted by atomic mass is 16.4. The van der Waals surface area contributed by atoms with Gasteiger partial charge < -0.3 is 10.5 Å². The summed E-state index contributed by atoms with van der Waals surface area (Å²) in [6, 6.07) is 0. The molecule has 3 saturated carbocycles. The van der Waals surface area contributed by atoms with Crippen molar-refractivity contribution in [1.29, 1.82) is 0 Å². The summed E-state index contributed by atoms with van der Waals surface area (Å²) in [5, 5.41) is 16.9. The molecule has 4 fully saturated rings. The molecule has 0 spiro atoms. The summed E-state index contributed by atoms with van der Waals surface area (Å²) in [5.74, 6) is 4.71. The fraction of sp³-hybridized carbons (Fsp3) is 0.926. The van der Waals surface area contributed by atoms with Gasteiger partial charge in [-0.2, -0.15) is 0 Å². The molecule has 4 heteroatoms. The van der Waals surface area contributed by atoms with Crippen LogP contribution in [0.2, 0.25) is 0 Å². The lowest BCUT2D eigenvalue weighted by Crippen LogP contribution is -2.55. The molecule has 0 aromatic heterocycles.